The molecule has 26 heavy (non-hydrogen) atoms. The maximum atomic E-state index is 12.6. The van der Waals surface area contributed by atoms with E-state index in [9.17, 15) is 4.79 Å². The number of nitrogens with zero attached hydrogens (tertiary/aromatic N) is 3. The topological polar surface area (TPSA) is 47.4 Å². The van der Waals surface area contributed by atoms with Gasteiger partial charge in [-0.2, -0.15) is 5.10 Å². The highest BCUT2D eigenvalue weighted by atomic mass is 16.5. The van der Waals surface area contributed by atoms with Gasteiger partial charge in [0.25, 0.3) is 5.91 Å². The molecule has 1 heterocycles. The first-order valence-corrected chi connectivity index (χ1v) is 8.61. The SMILES string of the molecule is Cc1cc(C)n(-c2ccc(C(=O)N(C)CCOc3ccccc3)cc2)n1. The van der Waals surface area contributed by atoms with Crippen LogP contribution in [0.4, 0.5) is 0 Å². The lowest BCUT2D eigenvalue weighted by atomic mass is 10.2. The molecule has 3 rings (SSSR count). The fourth-order valence-corrected chi connectivity index (χ4v) is 2.77. The first-order chi connectivity index (χ1) is 12.5. The highest BCUT2D eigenvalue weighted by Gasteiger charge is 2.12. The molecule has 3 aromatic rings. The van der Waals surface area contributed by atoms with E-state index in [4.69, 9.17) is 4.74 Å². The van der Waals surface area contributed by atoms with E-state index < -0.39 is 0 Å². The van der Waals surface area contributed by atoms with Crippen molar-refractivity contribution in [1.82, 2.24) is 14.7 Å². The normalized spacial score (nSPS) is 10.6. The second kappa shape index (κ2) is 7.87. The van der Waals surface area contributed by atoms with Crippen molar-refractivity contribution in [2.24, 2.45) is 0 Å². The number of hydrogen-bond acceptors (Lipinski definition) is 3. The zero-order valence-corrected chi connectivity index (χ0v) is 15.3. The molecule has 0 radical (unpaired) electrons. The van der Waals surface area contributed by atoms with E-state index >= 15 is 0 Å². The predicted octanol–water partition coefficient (Wildman–Crippen LogP) is 3.64. The molecular weight excluding hydrogens is 326 g/mol. The van der Waals surface area contributed by atoms with Crippen LogP contribution in [0.2, 0.25) is 0 Å². The first kappa shape index (κ1) is 17.7. The summed E-state index contributed by atoms with van der Waals surface area (Å²) in [5, 5.41) is 4.46. The second-order valence-electron chi connectivity index (χ2n) is 6.27. The van der Waals surface area contributed by atoms with Gasteiger partial charge in [-0.3, -0.25) is 4.79 Å². The Bertz CT molecular complexity index is 870. The van der Waals surface area contributed by atoms with E-state index in [2.05, 4.69) is 5.10 Å². The molecule has 0 aliphatic heterocycles. The summed E-state index contributed by atoms with van der Waals surface area (Å²) in [7, 11) is 1.78. The number of ether oxygens (including phenoxy) is 1. The molecule has 0 atom stereocenters. The van der Waals surface area contributed by atoms with Crippen LogP contribution in [0.3, 0.4) is 0 Å². The molecule has 5 nitrogen and oxygen atoms in total. The van der Waals surface area contributed by atoms with Gasteiger partial charge in [0.2, 0.25) is 0 Å². The maximum Gasteiger partial charge on any atom is 0.253 e. The molecule has 0 aliphatic rings. The molecule has 1 aromatic heterocycles. The monoisotopic (exact) mass is 349 g/mol. The van der Waals surface area contributed by atoms with E-state index in [-0.39, 0.29) is 5.91 Å². The molecule has 0 fully saturated rings. The van der Waals surface area contributed by atoms with E-state index in [1.54, 1.807) is 11.9 Å². The minimum absolute atomic E-state index is 0.0263. The number of rotatable bonds is 6. The largest absolute Gasteiger partial charge is 0.492 e. The Morgan fingerprint density at radius 1 is 1.08 bits per heavy atom. The molecule has 0 saturated heterocycles. The lowest BCUT2D eigenvalue weighted by Gasteiger charge is -2.18. The Hall–Kier alpha value is -3.08. The quantitative estimate of drug-likeness (QED) is 0.683. The molecule has 0 unspecified atom stereocenters. The lowest BCUT2D eigenvalue weighted by molar-refractivity contribution is 0.0774. The lowest BCUT2D eigenvalue weighted by Crippen LogP contribution is -2.30. The zero-order valence-electron chi connectivity index (χ0n) is 15.3. The third-order valence-corrected chi connectivity index (χ3v) is 4.15. The molecule has 2 aromatic carbocycles. The van der Waals surface area contributed by atoms with E-state index in [0.29, 0.717) is 18.7 Å². The van der Waals surface area contributed by atoms with Gasteiger partial charge in [0.1, 0.15) is 12.4 Å². The number of aryl methyl sites for hydroxylation is 2. The smallest absolute Gasteiger partial charge is 0.253 e. The second-order valence-corrected chi connectivity index (χ2v) is 6.27. The summed E-state index contributed by atoms with van der Waals surface area (Å²) < 4.78 is 7.53. The molecular formula is C21H23N3O2. The Kier molecular flexibility index (Phi) is 5.37. The zero-order chi connectivity index (χ0) is 18.5. The van der Waals surface area contributed by atoms with Crippen molar-refractivity contribution in [3.8, 4) is 11.4 Å². The highest BCUT2D eigenvalue weighted by Crippen LogP contribution is 2.14. The van der Waals surface area contributed by atoms with Crippen LogP contribution in [0.25, 0.3) is 5.69 Å². The highest BCUT2D eigenvalue weighted by molar-refractivity contribution is 5.94. The van der Waals surface area contributed by atoms with Crippen molar-refractivity contribution in [1.29, 1.82) is 0 Å². The van der Waals surface area contributed by atoms with E-state index in [0.717, 1.165) is 22.8 Å². The van der Waals surface area contributed by atoms with Gasteiger partial charge in [-0.25, -0.2) is 4.68 Å². The van der Waals surface area contributed by atoms with Gasteiger partial charge < -0.3 is 9.64 Å². The van der Waals surface area contributed by atoms with Gasteiger partial charge in [-0.05, 0) is 56.3 Å². The summed E-state index contributed by atoms with van der Waals surface area (Å²) in [6.07, 6.45) is 0. The molecule has 1 amide bonds. The summed E-state index contributed by atoms with van der Waals surface area (Å²) in [5.41, 5.74) is 3.64. The minimum atomic E-state index is -0.0263. The Morgan fingerprint density at radius 2 is 1.77 bits per heavy atom. The summed E-state index contributed by atoms with van der Waals surface area (Å²) in [4.78, 5) is 14.2. The Morgan fingerprint density at radius 3 is 2.38 bits per heavy atom. The Balaban J connectivity index is 1.59. The maximum absolute atomic E-state index is 12.6. The number of carbonyl (C=O) groups is 1. The first-order valence-electron chi connectivity index (χ1n) is 8.61. The van der Waals surface area contributed by atoms with Crippen LogP contribution in [-0.4, -0.2) is 40.8 Å². The molecule has 0 saturated carbocycles. The van der Waals surface area contributed by atoms with Crippen LogP contribution in [0, 0.1) is 13.8 Å². The average Bonchev–Trinajstić information content (AvgIpc) is 3.00. The van der Waals surface area contributed by atoms with Crippen molar-refractivity contribution in [2.75, 3.05) is 20.2 Å². The molecule has 134 valence electrons. The van der Waals surface area contributed by atoms with Crippen molar-refractivity contribution in [3.05, 3.63) is 77.6 Å². The number of likely N-dealkylation sites (N-methyl/N-ethyl adjacent to an activating group) is 1. The summed E-state index contributed by atoms with van der Waals surface area (Å²) in [6.45, 7) is 4.95. The standard InChI is InChI=1S/C21H23N3O2/c1-16-15-17(2)24(22-16)19-11-9-18(10-12-19)21(25)23(3)13-14-26-20-7-5-4-6-8-20/h4-12,15H,13-14H2,1-3H3. The molecule has 0 aliphatic carbocycles. The number of benzene rings is 2. The van der Waals surface area contributed by atoms with Gasteiger partial charge in [0.05, 0.1) is 17.9 Å². The number of carbonyl (C=O) groups excluding carboxylic acids is 1. The number of aromatic nitrogens is 2. The van der Waals surface area contributed by atoms with Gasteiger partial charge >= 0.3 is 0 Å². The number of hydrogen-bond donors (Lipinski definition) is 0. The van der Waals surface area contributed by atoms with E-state index in [1.165, 1.54) is 0 Å². The van der Waals surface area contributed by atoms with Gasteiger partial charge in [0.15, 0.2) is 0 Å². The van der Waals surface area contributed by atoms with Crippen LogP contribution in [0.15, 0.2) is 60.7 Å². The predicted molar refractivity (Wildman–Crippen MR) is 102 cm³/mol. The number of para-hydroxylation sites is 1. The van der Waals surface area contributed by atoms with Crippen molar-refractivity contribution in [2.45, 2.75) is 13.8 Å². The van der Waals surface area contributed by atoms with Crippen LogP contribution in [0.5, 0.6) is 5.75 Å². The summed E-state index contributed by atoms with van der Waals surface area (Å²) in [6, 6.07) is 19.1. The summed E-state index contributed by atoms with van der Waals surface area (Å²) in [5.74, 6) is 0.782. The fourth-order valence-electron chi connectivity index (χ4n) is 2.77. The van der Waals surface area contributed by atoms with Crippen LogP contribution in [-0.2, 0) is 0 Å². The van der Waals surface area contributed by atoms with Crippen molar-refractivity contribution >= 4 is 5.91 Å². The third-order valence-electron chi connectivity index (χ3n) is 4.15. The molecule has 0 spiro atoms. The van der Waals surface area contributed by atoms with Crippen molar-refractivity contribution in [3.63, 3.8) is 0 Å². The van der Waals surface area contributed by atoms with Crippen LogP contribution in [0.1, 0.15) is 21.7 Å². The Labute approximate surface area is 153 Å². The third kappa shape index (κ3) is 4.11. The molecule has 0 N–H and O–H groups in total. The number of amides is 1. The average molecular weight is 349 g/mol. The van der Waals surface area contributed by atoms with Gasteiger partial charge in [-0.1, -0.05) is 18.2 Å². The molecule has 0 bridgehead atoms. The van der Waals surface area contributed by atoms with Gasteiger partial charge in [-0.15, -0.1) is 0 Å². The summed E-state index contributed by atoms with van der Waals surface area (Å²) >= 11 is 0. The van der Waals surface area contributed by atoms with Crippen LogP contribution < -0.4 is 4.74 Å². The van der Waals surface area contributed by atoms with Crippen LogP contribution >= 0.6 is 0 Å². The van der Waals surface area contributed by atoms with Crippen molar-refractivity contribution < 1.29 is 9.53 Å². The minimum Gasteiger partial charge on any atom is -0.492 e. The molecule has 5 heteroatoms. The van der Waals surface area contributed by atoms with E-state index in [1.807, 2.05) is 79.2 Å². The fraction of sp³-hybridized carbons (Fsp3) is 0.238. The van der Waals surface area contributed by atoms with Gasteiger partial charge in [0, 0.05) is 18.3 Å².